The fourth-order valence-corrected chi connectivity index (χ4v) is 3.27. The Hall–Kier alpha value is -0.690. The zero-order valence-electron chi connectivity index (χ0n) is 10.6. The second-order valence-corrected chi connectivity index (χ2v) is 5.53. The van der Waals surface area contributed by atoms with Gasteiger partial charge in [0.1, 0.15) is 6.04 Å². The van der Waals surface area contributed by atoms with Gasteiger partial charge in [-0.25, -0.2) is 0 Å². The Kier molecular flexibility index (Phi) is 3.27. The second kappa shape index (κ2) is 4.77. The number of rotatable bonds is 3. The molecule has 3 saturated heterocycles. The summed E-state index contributed by atoms with van der Waals surface area (Å²) in [5.41, 5.74) is 0. The highest BCUT2D eigenvalue weighted by molar-refractivity contribution is 5.73. The van der Waals surface area contributed by atoms with Gasteiger partial charge in [0, 0.05) is 31.8 Å². The van der Waals surface area contributed by atoms with Gasteiger partial charge in [0.25, 0.3) is 0 Å². The van der Waals surface area contributed by atoms with E-state index in [-0.39, 0.29) is 0 Å². The molecule has 3 aliphatic rings. The average molecular weight is 255 g/mol. The lowest BCUT2D eigenvalue weighted by Gasteiger charge is -2.38. The van der Waals surface area contributed by atoms with Crippen molar-refractivity contribution < 1.29 is 14.6 Å². The van der Waals surface area contributed by atoms with Crippen molar-refractivity contribution in [3.8, 4) is 0 Å². The third-order valence-electron chi connectivity index (χ3n) is 4.41. The van der Waals surface area contributed by atoms with Crippen LogP contribution in [-0.2, 0) is 9.53 Å². The van der Waals surface area contributed by atoms with E-state index in [9.17, 15) is 4.79 Å². The first-order valence-electron chi connectivity index (χ1n) is 6.74. The first-order valence-corrected chi connectivity index (χ1v) is 6.74. The van der Waals surface area contributed by atoms with Crippen LogP contribution in [0.25, 0.3) is 0 Å². The van der Waals surface area contributed by atoms with Crippen LogP contribution in [0, 0.1) is 0 Å². The highest BCUT2D eigenvalue weighted by Crippen LogP contribution is 2.26. The quantitative estimate of drug-likeness (QED) is 0.614. The van der Waals surface area contributed by atoms with Crippen molar-refractivity contribution in [2.24, 2.45) is 0 Å². The molecule has 0 aromatic heterocycles. The maximum Gasteiger partial charge on any atom is 0.320 e. The van der Waals surface area contributed by atoms with Gasteiger partial charge in [0.15, 0.2) is 0 Å². The van der Waals surface area contributed by atoms with Crippen LogP contribution in [0.3, 0.4) is 0 Å². The van der Waals surface area contributed by atoms with Crippen LogP contribution in [0.2, 0.25) is 0 Å². The van der Waals surface area contributed by atoms with E-state index >= 15 is 0 Å². The molecule has 6 nitrogen and oxygen atoms in total. The number of carbonyl (C=O) groups is 1. The molecular formula is C12H21N3O3. The maximum atomic E-state index is 11.1. The minimum atomic E-state index is -0.743. The molecule has 3 rings (SSSR count). The molecule has 0 aromatic carbocycles. The van der Waals surface area contributed by atoms with Crippen molar-refractivity contribution >= 4 is 5.97 Å². The highest BCUT2D eigenvalue weighted by atomic mass is 16.5. The number of ether oxygens (including phenoxy) is 1. The van der Waals surface area contributed by atoms with Crippen molar-refractivity contribution in [2.45, 2.75) is 50.2 Å². The van der Waals surface area contributed by atoms with E-state index in [1.165, 1.54) is 0 Å². The topological polar surface area (TPSA) is 73.8 Å². The van der Waals surface area contributed by atoms with Gasteiger partial charge in [-0.15, -0.1) is 0 Å². The molecule has 18 heavy (non-hydrogen) atoms. The number of nitrogens with zero attached hydrogens (tertiary/aromatic N) is 1. The monoisotopic (exact) mass is 255 g/mol. The number of hydrogen-bond donors (Lipinski definition) is 3. The molecule has 6 heteroatoms. The number of aliphatic carboxylic acids is 1. The summed E-state index contributed by atoms with van der Waals surface area (Å²) in [6, 6.07) is 0.255. The fraction of sp³-hybridized carbons (Fsp3) is 0.917. The van der Waals surface area contributed by atoms with Crippen LogP contribution in [0.1, 0.15) is 19.8 Å². The maximum absolute atomic E-state index is 11.1. The molecule has 3 heterocycles. The van der Waals surface area contributed by atoms with E-state index in [4.69, 9.17) is 9.84 Å². The van der Waals surface area contributed by atoms with Crippen LogP contribution < -0.4 is 10.6 Å². The summed E-state index contributed by atoms with van der Waals surface area (Å²) < 4.78 is 5.49. The zero-order valence-corrected chi connectivity index (χ0v) is 10.6. The molecule has 4 unspecified atom stereocenters. The first-order chi connectivity index (χ1) is 8.65. The lowest BCUT2D eigenvalue weighted by atomic mass is 9.95. The Balaban J connectivity index is 1.66. The van der Waals surface area contributed by atoms with Gasteiger partial charge < -0.3 is 15.2 Å². The van der Waals surface area contributed by atoms with Gasteiger partial charge >= 0.3 is 5.97 Å². The summed E-state index contributed by atoms with van der Waals surface area (Å²) in [5.74, 6) is -0.743. The standard InChI is InChI=1S/C12H21N3O3/c1-7-14-10-5-13-9(12(16)17)4-11(10)15(7)6-8-2-3-18-8/h7-11,13-14H,2-6H2,1H3,(H,16,17)/t7?,8-,9?,10?,11?/m0/s1. The molecule has 102 valence electrons. The summed E-state index contributed by atoms with van der Waals surface area (Å²) in [7, 11) is 0. The minimum Gasteiger partial charge on any atom is -0.480 e. The lowest BCUT2D eigenvalue weighted by Crippen LogP contribution is -2.57. The predicted molar refractivity (Wildman–Crippen MR) is 65.3 cm³/mol. The van der Waals surface area contributed by atoms with Crippen molar-refractivity contribution in [1.29, 1.82) is 0 Å². The van der Waals surface area contributed by atoms with Crippen LogP contribution in [0.4, 0.5) is 0 Å². The van der Waals surface area contributed by atoms with Crippen LogP contribution in [0.5, 0.6) is 0 Å². The lowest BCUT2D eigenvalue weighted by molar-refractivity contribution is -0.140. The predicted octanol–water partition coefficient (Wildman–Crippen LogP) is -0.790. The van der Waals surface area contributed by atoms with E-state index in [1.54, 1.807) is 0 Å². The fourth-order valence-electron chi connectivity index (χ4n) is 3.27. The summed E-state index contributed by atoms with van der Waals surface area (Å²) in [6.07, 6.45) is 2.44. The van der Waals surface area contributed by atoms with Crippen molar-refractivity contribution in [2.75, 3.05) is 19.7 Å². The molecular weight excluding hydrogens is 234 g/mol. The molecule has 0 radical (unpaired) electrons. The first kappa shape index (κ1) is 12.3. The van der Waals surface area contributed by atoms with E-state index < -0.39 is 12.0 Å². The molecule has 3 aliphatic heterocycles. The van der Waals surface area contributed by atoms with Gasteiger partial charge in [-0.2, -0.15) is 0 Å². The molecule has 0 saturated carbocycles. The Labute approximate surface area is 107 Å². The van der Waals surface area contributed by atoms with Gasteiger partial charge in [-0.3, -0.25) is 15.0 Å². The van der Waals surface area contributed by atoms with Gasteiger partial charge in [0.2, 0.25) is 0 Å². The Morgan fingerprint density at radius 3 is 2.94 bits per heavy atom. The number of carboxylic acids is 1. The van der Waals surface area contributed by atoms with Gasteiger partial charge in [0.05, 0.1) is 12.3 Å². The van der Waals surface area contributed by atoms with Crippen molar-refractivity contribution in [1.82, 2.24) is 15.5 Å². The number of hydrogen-bond acceptors (Lipinski definition) is 5. The summed E-state index contributed by atoms with van der Waals surface area (Å²) >= 11 is 0. The van der Waals surface area contributed by atoms with E-state index in [0.29, 0.717) is 30.8 Å². The molecule has 0 aromatic rings. The van der Waals surface area contributed by atoms with Crippen LogP contribution in [-0.4, -0.2) is 66.1 Å². The summed E-state index contributed by atoms with van der Waals surface area (Å²) in [4.78, 5) is 13.5. The number of nitrogens with one attached hydrogen (secondary N) is 2. The van der Waals surface area contributed by atoms with Crippen LogP contribution >= 0.6 is 0 Å². The third-order valence-corrected chi connectivity index (χ3v) is 4.41. The van der Waals surface area contributed by atoms with Gasteiger partial charge in [-0.1, -0.05) is 0 Å². The Morgan fingerprint density at radius 2 is 2.33 bits per heavy atom. The minimum absolute atomic E-state index is 0.304. The largest absolute Gasteiger partial charge is 0.480 e. The van der Waals surface area contributed by atoms with E-state index in [1.807, 2.05) is 0 Å². The van der Waals surface area contributed by atoms with Crippen LogP contribution in [0.15, 0.2) is 0 Å². The Morgan fingerprint density at radius 1 is 1.56 bits per heavy atom. The van der Waals surface area contributed by atoms with Gasteiger partial charge in [-0.05, 0) is 19.8 Å². The number of piperidine rings is 1. The molecule has 3 N–H and O–H groups in total. The normalized spacial score (nSPS) is 44.4. The number of carboxylic acid groups (broad SMARTS) is 1. The zero-order chi connectivity index (χ0) is 12.7. The van der Waals surface area contributed by atoms with Crippen molar-refractivity contribution in [3.05, 3.63) is 0 Å². The smallest absolute Gasteiger partial charge is 0.320 e. The van der Waals surface area contributed by atoms with Crippen molar-refractivity contribution in [3.63, 3.8) is 0 Å². The van der Waals surface area contributed by atoms with E-state index in [2.05, 4.69) is 22.5 Å². The molecule has 3 fully saturated rings. The van der Waals surface area contributed by atoms with E-state index in [0.717, 1.165) is 26.1 Å². The molecule has 5 atom stereocenters. The summed E-state index contributed by atoms with van der Waals surface area (Å²) in [5, 5.41) is 15.7. The molecule has 0 spiro atoms. The Bertz CT molecular complexity index is 335. The molecule has 0 bridgehead atoms. The second-order valence-electron chi connectivity index (χ2n) is 5.53. The SMILES string of the molecule is CC1NC2CNC(C(=O)O)CC2N1C[C@@H]1CCO1. The highest BCUT2D eigenvalue weighted by Gasteiger charge is 2.44. The molecule has 0 amide bonds. The molecule has 0 aliphatic carbocycles. The number of fused-ring (bicyclic) bond motifs is 1. The summed E-state index contributed by atoms with van der Waals surface area (Å²) in [6.45, 7) is 4.66. The third kappa shape index (κ3) is 2.14. The average Bonchev–Trinajstić information content (AvgIpc) is 2.58.